The van der Waals surface area contributed by atoms with Gasteiger partial charge >= 0.3 is 0 Å². The van der Waals surface area contributed by atoms with Crippen LogP contribution in [0.25, 0.3) is 10.9 Å². The van der Waals surface area contributed by atoms with Gasteiger partial charge in [0.15, 0.2) is 5.78 Å². The van der Waals surface area contributed by atoms with Gasteiger partial charge in [0.25, 0.3) is 0 Å². The second-order valence-corrected chi connectivity index (χ2v) is 7.25. The standard InChI is InChI=1S/C24H20ClNO/c1-26-16-22(20-12-5-6-13-23(20)26)21(18-10-7-11-19(25)14-18)15-24(27)17-8-3-2-4-9-17/h2-14,16,21H,15H2,1H3. The fraction of sp³-hybridized carbons (Fsp3) is 0.125. The molecule has 0 bridgehead atoms. The van der Waals surface area contributed by atoms with E-state index in [2.05, 4.69) is 29.0 Å². The molecule has 0 spiro atoms. The van der Waals surface area contributed by atoms with Gasteiger partial charge in [-0.15, -0.1) is 0 Å². The summed E-state index contributed by atoms with van der Waals surface area (Å²) in [6, 6.07) is 25.6. The Labute approximate surface area is 164 Å². The molecule has 0 saturated carbocycles. The van der Waals surface area contributed by atoms with E-state index in [0.717, 1.165) is 22.2 Å². The van der Waals surface area contributed by atoms with Crippen molar-refractivity contribution in [3.8, 4) is 0 Å². The third-order valence-electron chi connectivity index (χ3n) is 5.04. The highest BCUT2D eigenvalue weighted by Crippen LogP contribution is 2.36. The molecule has 2 nitrogen and oxygen atoms in total. The highest BCUT2D eigenvalue weighted by molar-refractivity contribution is 6.30. The lowest BCUT2D eigenvalue weighted by molar-refractivity contribution is 0.0978. The summed E-state index contributed by atoms with van der Waals surface area (Å²) < 4.78 is 2.12. The second-order valence-electron chi connectivity index (χ2n) is 6.81. The SMILES string of the molecule is Cn1cc(C(CC(=O)c2ccccc2)c2cccc(Cl)c2)c2ccccc21. The number of benzene rings is 3. The van der Waals surface area contributed by atoms with Gasteiger partial charge in [0.2, 0.25) is 0 Å². The number of carbonyl (C=O) groups is 1. The molecule has 0 N–H and O–H groups in total. The molecule has 0 aliphatic heterocycles. The van der Waals surface area contributed by atoms with Crippen molar-refractivity contribution in [2.24, 2.45) is 7.05 Å². The van der Waals surface area contributed by atoms with Crippen molar-refractivity contribution in [2.75, 3.05) is 0 Å². The third-order valence-corrected chi connectivity index (χ3v) is 5.27. The van der Waals surface area contributed by atoms with Crippen molar-refractivity contribution in [2.45, 2.75) is 12.3 Å². The molecule has 1 heterocycles. The van der Waals surface area contributed by atoms with Crippen LogP contribution in [0.2, 0.25) is 5.02 Å². The topological polar surface area (TPSA) is 22.0 Å². The Bertz CT molecular complexity index is 1100. The largest absolute Gasteiger partial charge is 0.350 e. The minimum Gasteiger partial charge on any atom is -0.350 e. The van der Waals surface area contributed by atoms with Gasteiger partial charge in [0.1, 0.15) is 0 Å². The number of carbonyl (C=O) groups excluding carboxylic acids is 1. The summed E-state index contributed by atoms with van der Waals surface area (Å²) in [6.07, 6.45) is 2.53. The number of fused-ring (bicyclic) bond motifs is 1. The maximum absolute atomic E-state index is 13.0. The number of halogens is 1. The van der Waals surface area contributed by atoms with Gasteiger partial charge in [-0.2, -0.15) is 0 Å². The third kappa shape index (κ3) is 3.54. The van der Waals surface area contributed by atoms with E-state index >= 15 is 0 Å². The van der Waals surface area contributed by atoms with E-state index in [4.69, 9.17) is 11.6 Å². The van der Waals surface area contributed by atoms with Gasteiger partial charge < -0.3 is 4.57 Å². The van der Waals surface area contributed by atoms with Crippen LogP contribution in [0.5, 0.6) is 0 Å². The highest BCUT2D eigenvalue weighted by Gasteiger charge is 2.23. The lowest BCUT2D eigenvalue weighted by Crippen LogP contribution is -2.09. The zero-order chi connectivity index (χ0) is 18.8. The first-order chi connectivity index (χ1) is 13.1. The molecule has 0 amide bonds. The van der Waals surface area contributed by atoms with Gasteiger partial charge in [-0.25, -0.2) is 0 Å². The molecule has 27 heavy (non-hydrogen) atoms. The molecule has 1 aromatic heterocycles. The van der Waals surface area contributed by atoms with Crippen molar-refractivity contribution in [3.63, 3.8) is 0 Å². The average molecular weight is 374 g/mol. The van der Waals surface area contributed by atoms with E-state index < -0.39 is 0 Å². The molecule has 0 radical (unpaired) electrons. The van der Waals surface area contributed by atoms with Crippen molar-refractivity contribution in [1.29, 1.82) is 0 Å². The van der Waals surface area contributed by atoms with Crippen LogP contribution in [0.3, 0.4) is 0 Å². The summed E-state index contributed by atoms with van der Waals surface area (Å²) in [6.45, 7) is 0. The van der Waals surface area contributed by atoms with E-state index in [1.807, 2.05) is 67.7 Å². The quantitative estimate of drug-likeness (QED) is 0.380. The van der Waals surface area contributed by atoms with Gasteiger partial charge in [-0.1, -0.05) is 72.3 Å². The fourth-order valence-corrected chi connectivity index (χ4v) is 3.91. The number of hydrogen-bond donors (Lipinski definition) is 0. The summed E-state index contributed by atoms with van der Waals surface area (Å²) in [5.74, 6) is 0.0796. The van der Waals surface area contributed by atoms with Crippen LogP contribution < -0.4 is 0 Å². The fourth-order valence-electron chi connectivity index (χ4n) is 3.71. The molecule has 0 aliphatic rings. The van der Waals surface area contributed by atoms with Crippen molar-refractivity contribution in [3.05, 3.63) is 107 Å². The molecule has 3 heteroatoms. The predicted molar refractivity (Wildman–Crippen MR) is 112 cm³/mol. The lowest BCUT2D eigenvalue weighted by atomic mass is 9.85. The highest BCUT2D eigenvalue weighted by atomic mass is 35.5. The lowest BCUT2D eigenvalue weighted by Gasteiger charge is -2.17. The summed E-state index contributed by atoms with van der Waals surface area (Å²) in [4.78, 5) is 13.0. The zero-order valence-electron chi connectivity index (χ0n) is 15.1. The Morgan fingerprint density at radius 2 is 1.70 bits per heavy atom. The van der Waals surface area contributed by atoms with Crippen LogP contribution in [0.4, 0.5) is 0 Å². The number of ketones is 1. The molecule has 1 atom stereocenters. The van der Waals surface area contributed by atoms with E-state index in [1.165, 1.54) is 5.39 Å². The maximum Gasteiger partial charge on any atom is 0.163 e. The van der Waals surface area contributed by atoms with Crippen LogP contribution in [0.1, 0.15) is 33.8 Å². The number of Topliss-reactive ketones (excluding diaryl/α,β-unsaturated/α-hetero) is 1. The molecule has 134 valence electrons. The molecule has 0 saturated heterocycles. The minimum atomic E-state index is -0.0532. The van der Waals surface area contributed by atoms with E-state index in [9.17, 15) is 4.79 Å². The number of aromatic nitrogens is 1. The molecule has 0 aliphatic carbocycles. The number of nitrogens with zero attached hydrogens (tertiary/aromatic N) is 1. The Hall–Kier alpha value is -2.84. The van der Waals surface area contributed by atoms with Crippen LogP contribution >= 0.6 is 11.6 Å². The van der Waals surface area contributed by atoms with Crippen molar-refractivity contribution in [1.82, 2.24) is 4.57 Å². The minimum absolute atomic E-state index is 0.0532. The predicted octanol–water partition coefficient (Wildman–Crippen LogP) is 6.24. The van der Waals surface area contributed by atoms with Crippen LogP contribution in [-0.2, 0) is 7.05 Å². The molecule has 0 fully saturated rings. The molecule has 4 aromatic rings. The van der Waals surface area contributed by atoms with Gasteiger partial charge in [0, 0.05) is 47.1 Å². The van der Waals surface area contributed by atoms with Crippen molar-refractivity contribution < 1.29 is 4.79 Å². The van der Waals surface area contributed by atoms with Crippen molar-refractivity contribution >= 4 is 28.3 Å². The zero-order valence-corrected chi connectivity index (χ0v) is 15.9. The van der Waals surface area contributed by atoms with Crippen LogP contribution in [-0.4, -0.2) is 10.4 Å². The first kappa shape index (κ1) is 17.6. The second kappa shape index (κ2) is 7.42. The Morgan fingerprint density at radius 3 is 2.48 bits per heavy atom. The molecule has 3 aromatic carbocycles. The van der Waals surface area contributed by atoms with Crippen LogP contribution in [0.15, 0.2) is 85.1 Å². The first-order valence-electron chi connectivity index (χ1n) is 9.01. The van der Waals surface area contributed by atoms with E-state index in [-0.39, 0.29) is 11.7 Å². The number of rotatable bonds is 5. The summed E-state index contributed by atoms with van der Waals surface area (Å²) >= 11 is 6.26. The Morgan fingerprint density at radius 1 is 0.963 bits per heavy atom. The molecule has 4 rings (SSSR count). The Kier molecular flexibility index (Phi) is 4.83. The molecular formula is C24H20ClNO. The Balaban J connectivity index is 1.82. The van der Waals surface area contributed by atoms with Gasteiger partial charge in [-0.05, 0) is 29.3 Å². The molecule has 1 unspecified atom stereocenters. The summed E-state index contributed by atoms with van der Waals surface area (Å²) in [5.41, 5.74) is 4.11. The summed E-state index contributed by atoms with van der Waals surface area (Å²) in [5, 5.41) is 1.86. The van der Waals surface area contributed by atoms with Gasteiger partial charge in [-0.3, -0.25) is 4.79 Å². The number of hydrogen-bond acceptors (Lipinski definition) is 1. The average Bonchev–Trinajstić information content (AvgIpc) is 3.03. The molecular weight excluding hydrogens is 354 g/mol. The number of aryl methyl sites for hydroxylation is 1. The van der Waals surface area contributed by atoms with E-state index in [0.29, 0.717) is 11.4 Å². The normalized spacial score (nSPS) is 12.2. The smallest absolute Gasteiger partial charge is 0.163 e. The number of para-hydroxylation sites is 1. The maximum atomic E-state index is 13.0. The summed E-state index contributed by atoms with van der Waals surface area (Å²) in [7, 11) is 2.04. The van der Waals surface area contributed by atoms with E-state index in [1.54, 1.807) is 0 Å². The first-order valence-corrected chi connectivity index (χ1v) is 9.39. The van der Waals surface area contributed by atoms with Crippen LogP contribution in [0, 0.1) is 0 Å². The monoisotopic (exact) mass is 373 g/mol. The van der Waals surface area contributed by atoms with Gasteiger partial charge in [0.05, 0.1) is 0 Å².